The zero-order chi connectivity index (χ0) is 19.9. The lowest BCUT2D eigenvalue weighted by Gasteiger charge is -2.38. The van der Waals surface area contributed by atoms with Gasteiger partial charge in [0.15, 0.2) is 0 Å². The van der Waals surface area contributed by atoms with E-state index in [1.54, 1.807) is 6.07 Å². The Bertz CT molecular complexity index is 987. The van der Waals surface area contributed by atoms with E-state index in [9.17, 15) is 23.6 Å². The van der Waals surface area contributed by atoms with Crippen LogP contribution in [0.3, 0.4) is 0 Å². The summed E-state index contributed by atoms with van der Waals surface area (Å²) in [7, 11) is 0. The molecule has 0 fully saturated rings. The summed E-state index contributed by atoms with van der Waals surface area (Å²) in [6, 6.07) is 7.23. The van der Waals surface area contributed by atoms with Crippen LogP contribution in [0.1, 0.15) is 29.9 Å². The summed E-state index contributed by atoms with van der Waals surface area (Å²) >= 11 is 3.15. The lowest BCUT2D eigenvalue weighted by molar-refractivity contribution is -0.148. The van der Waals surface area contributed by atoms with Gasteiger partial charge in [0.2, 0.25) is 11.4 Å². The Morgan fingerprint density at radius 1 is 1.26 bits per heavy atom. The monoisotopic (exact) mass is 435 g/mol. The molecule has 9 heteroatoms. The van der Waals surface area contributed by atoms with Gasteiger partial charge in [0.1, 0.15) is 11.5 Å². The van der Waals surface area contributed by atoms with Crippen LogP contribution in [0.5, 0.6) is 0 Å². The van der Waals surface area contributed by atoms with E-state index in [0.717, 1.165) is 11.8 Å². The molecular weight excluding hydrogens is 421 g/mol. The summed E-state index contributed by atoms with van der Waals surface area (Å²) in [4.78, 5) is 50.6. The molecule has 1 atom stereocenters. The highest BCUT2D eigenvalue weighted by Crippen LogP contribution is 2.31. The molecule has 0 radical (unpaired) electrons. The average molecular weight is 436 g/mol. The minimum absolute atomic E-state index is 0.0910. The molecule has 1 aliphatic rings. The van der Waals surface area contributed by atoms with E-state index in [1.165, 1.54) is 42.0 Å². The summed E-state index contributed by atoms with van der Waals surface area (Å²) < 4.78 is 16.0. The maximum absolute atomic E-state index is 14.2. The molecular formula is C18H15BrFN3O4. The second kappa shape index (κ2) is 6.73. The van der Waals surface area contributed by atoms with Crippen LogP contribution in [0.2, 0.25) is 0 Å². The molecule has 7 nitrogen and oxygen atoms in total. The highest BCUT2D eigenvalue weighted by Gasteiger charge is 2.52. The molecule has 1 aliphatic heterocycles. The van der Waals surface area contributed by atoms with Gasteiger partial charge in [-0.25, -0.2) is 4.39 Å². The van der Waals surface area contributed by atoms with Gasteiger partial charge in [-0.15, -0.1) is 0 Å². The number of hydrogen-bond donors (Lipinski definition) is 1. The van der Waals surface area contributed by atoms with Crippen molar-refractivity contribution >= 4 is 39.6 Å². The average Bonchev–Trinajstić information content (AvgIpc) is 3.08. The van der Waals surface area contributed by atoms with Gasteiger partial charge in [-0.05, 0) is 31.2 Å². The normalized spacial score (nSPS) is 19.0. The fourth-order valence-electron chi connectivity index (χ4n) is 2.99. The number of amides is 4. The zero-order valence-electron chi connectivity index (χ0n) is 14.5. The van der Waals surface area contributed by atoms with Gasteiger partial charge in [-0.1, -0.05) is 22.0 Å². The summed E-state index contributed by atoms with van der Waals surface area (Å²) in [5, 5.41) is 2.09. The van der Waals surface area contributed by atoms with E-state index < -0.39 is 35.0 Å². The number of nitrogens with zero attached hydrogens (tertiary/aromatic N) is 2. The predicted molar refractivity (Wildman–Crippen MR) is 95.9 cm³/mol. The molecule has 1 aromatic heterocycles. The standard InChI is InChI=1S/C18H15BrFN3O4/c1-10(24)21-16(26)18(2)17(27)22(15(25)14-4-3-7-23(14)18)9-11-5-6-12(19)8-13(11)20/h3-8H,9H2,1-2H3,(H,21,24,26)/t18-/m1/s1. The number of carbonyl (C=O) groups excluding carboxylic acids is 4. The Labute approximate surface area is 162 Å². The topological polar surface area (TPSA) is 88.5 Å². The van der Waals surface area contributed by atoms with E-state index in [0.29, 0.717) is 4.47 Å². The molecule has 2 heterocycles. The quantitative estimate of drug-likeness (QED) is 0.589. The molecule has 0 saturated heterocycles. The fraction of sp³-hybridized carbons (Fsp3) is 0.222. The molecule has 1 aromatic carbocycles. The van der Waals surface area contributed by atoms with Gasteiger partial charge in [0.25, 0.3) is 17.7 Å². The first-order chi connectivity index (χ1) is 12.7. The highest BCUT2D eigenvalue weighted by molar-refractivity contribution is 9.10. The van der Waals surface area contributed by atoms with Gasteiger partial charge in [-0.3, -0.25) is 29.4 Å². The van der Waals surface area contributed by atoms with Crippen LogP contribution in [-0.2, 0) is 26.5 Å². The summed E-state index contributed by atoms with van der Waals surface area (Å²) in [5.74, 6) is -3.60. The van der Waals surface area contributed by atoms with Crippen molar-refractivity contribution in [3.05, 3.63) is 58.1 Å². The minimum Gasteiger partial charge on any atom is -0.321 e. The molecule has 0 saturated carbocycles. The van der Waals surface area contributed by atoms with Crippen molar-refractivity contribution in [2.45, 2.75) is 25.9 Å². The van der Waals surface area contributed by atoms with E-state index in [2.05, 4.69) is 21.2 Å². The minimum atomic E-state index is -1.86. The van der Waals surface area contributed by atoms with Crippen molar-refractivity contribution in [2.75, 3.05) is 0 Å². The molecule has 0 unspecified atom stereocenters. The van der Waals surface area contributed by atoms with E-state index in [4.69, 9.17) is 0 Å². The number of benzene rings is 1. The number of fused-ring (bicyclic) bond motifs is 1. The van der Waals surface area contributed by atoms with Gasteiger partial charge in [0.05, 0.1) is 6.54 Å². The van der Waals surface area contributed by atoms with Crippen molar-refractivity contribution in [1.82, 2.24) is 14.8 Å². The third kappa shape index (κ3) is 3.08. The molecule has 2 aromatic rings. The second-order valence-corrected chi connectivity index (χ2v) is 7.19. The summed E-state index contributed by atoms with van der Waals surface area (Å²) in [6.45, 7) is 2.12. The van der Waals surface area contributed by atoms with Crippen LogP contribution in [-0.4, -0.2) is 33.1 Å². The van der Waals surface area contributed by atoms with Crippen LogP contribution < -0.4 is 5.32 Å². The molecule has 3 rings (SSSR count). The molecule has 0 bridgehead atoms. The SMILES string of the molecule is CC(=O)NC(=O)[C@]1(C)C(=O)N(Cc2ccc(Br)cc2F)C(=O)c2cccn21. The Balaban J connectivity index is 2.06. The van der Waals surface area contributed by atoms with Crippen LogP contribution in [0.15, 0.2) is 41.0 Å². The largest absolute Gasteiger partial charge is 0.321 e. The van der Waals surface area contributed by atoms with Crippen LogP contribution >= 0.6 is 15.9 Å². The van der Waals surface area contributed by atoms with Crippen LogP contribution in [0.4, 0.5) is 4.39 Å². The Hall–Kier alpha value is -2.81. The van der Waals surface area contributed by atoms with E-state index in [1.807, 2.05) is 0 Å². The predicted octanol–water partition coefficient (Wildman–Crippen LogP) is 1.95. The van der Waals surface area contributed by atoms with Gasteiger partial charge in [-0.2, -0.15) is 0 Å². The van der Waals surface area contributed by atoms with Crippen LogP contribution in [0, 0.1) is 5.82 Å². The number of carbonyl (C=O) groups is 4. The van der Waals surface area contributed by atoms with Crippen molar-refractivity contribution in [3.63, 3.8) is 0 Å². The maximum atomic E-state index is 14.2. The van der Waals surface area contributed by atoms with E-state index in [-0.39, 0.29) is 17.8 Å². The molecule has 140 valence electrons. The zero-order valence-corrected chi connectivity index (χ0v) is 16.0. The number of halogens is 2. The van der Waals surface area contributed by atoms with E-state index >= 15 is 0 Å². The number of rotatable bonds is 3. The first kappa shape index (κ1) is 19.0. The number of hydrogen-bond acceptors (Lipinski definition) is 4. The van der Waals surface area contributed by atoms with Crippen molar-refractivity contribution in [3.8, 4) is 0 Å². The third-order valence-electron chi connectivity index (χ3n) is 4.43. The van der Waals surface area contributed by atoms with Crippen molar-refractivity contribution in [1.29, 1.82) is 0 Å². The lowest BCUT2D eigenvalue weighted by Crippen LogP contribution is -2.62. The smallest absolute Gasteiger partial charge is 0.277 e. The Morgan fingerprint density at radius 3 is 2.59 bits per heavy atom. The van der Waals surface area contributed by atoms with Gasteiger partial charge in [0, 0.05) is 23.2 Å². The van der Waals surface area contributed by atoms with Crippen LogP contribution in [0.25, 0.3) is 0 Å². The van der Waals surface area contributed by atoms with Gasteiger partial charge < -0.3 is 4.57 Å². The first-order valence-electron chi connectivity index (χ1n) is 7.96. The molecule has 0 spiro atoms. The summed E-state index contributed by atoms with van der Waals surface area (Å²) in [6.07, 6.45) is 1.42. The number of aromatic nitrogens is 1. The first-order valence-corrected chi connectivity index (χ1v) is 8.75. The maximum Gasteiger partial charge on any atom is 0.277 e. The van der Waals surface area contributed by atoms with Gasteiger partial charge >= 0.3 is 0 Å². The number of imide groups is 2. The molecule has 4 amide bonds. The highest BCUT2D eigenvalue weighted by atomic mass is 79.9. The lowest BCUT2D eigenvalue weighted by atomic mass is 9.94. The fourth-order valence-corrected chi connectivity index (χ4v) is 3.33. The Kier molecular flexibility index (Phi) is 4.73. The second-order valence-electron chi connectivity index (χ2n) is 6.28. The number of nitrogens with one attached hydrogen (secondary N) is 1. The third-order valence-corrected chi connectivity index (χ3v) is 4.92. The molecule has 0 aliphatic carbocycles. The van der Waals surface area contributed by atoms with Crippen molar-refractivity contribution < 1.29 is 23.6 Å². The Morgan fingerprint density at radius 2 is 1.96 bits per heavy atom. The molecule has 1 N–H and O–H groups in total. The summed E-state index contributed by atoms with van der Waals surface area (Å²) in [5.41, 5.74) is -1.65. The van der Waals surface area contributed by atoms with Crippen molar-refractivity contribution in [2.24, 2.45) is 0 Å². The molecule has 27 heavy (non-hydrogen) atoms.